The molecule has 3 rings (SSSR count). The zero-order valence-corrected chi connectivity index (χ0v) is 17.2. The fraction of sp³-hybridized carbons (Fsp3) is 0.714. The smallest absolute Gasteiger partial charge is 0.410 e. The number of aliphatic hydroxyl groups is 1. The van der Waals surface area contributed by atoms with E-state index in [1.54, 1.807) is 11.1 Å². The van der Waals surface area contributed by atoms with Gasteiger partial charge in [0.15, 0.2) is 0 Å². The van der Waals surface area contributed by atoms with Crippen molar-refractivity contribution in [2.45, 2.75) is 70.6 Å². The number of nitrogens with one attached hydrogen (secondary N) is 1. The van der Waals surface area contributed by atoms with E-state index in [1.165, 1.54) is 0 Å². The van der Waals surface area contributed by atoms with Crippen LogP contribution in [0.2, 0.25) is 0 Å². The Balaban J connectivity index is 1.89. The van der Waals surface area contributed by atoms with Gasteiger partial charge in [-0.3, -0.25) is 4.98 Å². The maximum atomic E-state index is 12.9. The fourth-order valence-corrected chi connectivity index (χ4v) is 3.91. The molecule has 1 fully saturated rings. The van der Waals surface area contributed by atoms with Crippen LogP contribution in [-0.2, 0) is 11.2 Å². The van der Waals surface area contributed by atoms with Crippen LogP contribution in [0.3, 0.4) is 0 Å². The van der Waals surface area contributed by atoms with Crippen LogP contribution in [0.15, 0.2) is 12.3 Å². The molecule has 1 aromatic heterocycles. The SMILES string of the molecule is CC(C)(C)OC(=O)N1CCc2nccc(OC3CCNCC3)c2C1CCCO. The number of nitrogens with zero attached hydrogens (tertiary/aromatic N) is 2. The third-order valence-electron chi connectivity index (χ3n) is 5.18. The number of pyridine rings is 1. The first-order valence-corrected chi connectivity index (χ1v) is 10.3. The highest BCUT2D eigenvalue weighted by atomic mass is 16.6. The Morgan fingerprint density at radius 3 is 2.79 bits per heavy atom. The third-order valence-corrected chi connectivity index (χ3v) is 5.18. The van der Waals surface area contributed by atoms with Crippen LogP contribution < -0.4 is 10.1 Å². The highest BCUT2D eigenvalue weighted by molar-refractivity contribution is 5.70. The molecule has 7 heteroatoms. The maximum Gasteiger partial charge on any atom is 0.410 e. The monoisotopic (exact) mass is 391 g/mol. The quantitative estimate of drug-likeness (QED) is 0.803. The van der Waals surface area contributed by atoms with Crippen molar-refractivity contribution < 1.29 is 19.4 Å². The number of aromatic nitrogens is 1. The summed E-state index contributed by atoms with van der Waals surface area (Å²) in [5, 5.41) is 12.8. The minimum atomic E-state index is -0.553. The summed E-state index contributed by atoms with van der Waals surface area (Å²) < 4.78 is 12.0. The van der Waals surface area contributed by atoms with E-state index in [2.05, 4.69) is 10.3 Å². The van der Waals surface area contributed by atoms with Crippen LogP contribution >= 0.6 is 0 Å². The summed E-state index contributed by atoms with van der Waals surface area (Å²) in [4.78, 5) is 19.2. The van der Waals surface area contributed by atoms with Crippen molar-refractivity contribution >= 4 is 6.09 Å². The zero-order chi connectivity index (χ0) is 20.1. The van der Waals surface area contributed by atoms with Crippen LogP contribution in [0.4, 0.5) is 4.79 Å². The summed E-state index contributed by atoms with van der Waals surface area (Å²) in [6.07, 6.45) is 5.50. The van der Waals surface area contributed by atoms with Crippen molar-refractivity contribution in [3.05, 3.63) is 23.5 Å². The second-order valence-electron chi connectivity index (χ2n) is 8.54. The molecule has 0 aromatic carbocycles. The molecule has 0 aliphatic carbocycles. The summed E-state index contributed by atoms with van der Waals surface area (Å²) in [6.45, 7) is 8.17. The summed E-state index contributed by atoms with van der Waals surface area (Å²) >= 11 is 0. The summed E-state index contributed by atoms with van der Waals surface area (Å²) in [7, 11) is 0. The highest BCUT2D eigenvalue weighted by Gasteiger charge is 2.36. The molecule has 0 radical (unpaired) electrons. The molecule has 2 aliphatic heterocycles. The van der Waals surface area contributed by atoms with Crippen molar-refractivity contribution in [2.75, 3.05) is 26.2 Å². The number of rotatable bonds is 5. The molecule has 28 heavy (non-hydrogen) atoms. The Morgan fingerprint density at radius 2 is 2.11 bits per heavy atom. The van der Waals surface area contributed by atoms with Gasteiger partial charge in [-0.1, -0.05) is 0 Å². The Kier molecular flexibility index (Phi) is 6.78. The van der Waals surface area contributed by atoms with Crippen LogP contribution in [0.1, 0.15) is 63.8 Å². The molecule has 0 spiro atoms. The van der Waals surface area contributed by atoms with E-state index >= 15 is 0 Å². The van der Waals surface area contributed by atoms with Gasteiger partial charge in [-0.25, -0.2) is 4.79 Å². The second-order valence-corrected chi connectivity index (χ2v) is 8.54. The number of amides is 1. The van der Waals surface area contributed by atoms with Crippen molar-refractivity contribution in [1.82, 2.24) is 15.2 Å². The molecule has 2 aliphatic rings. The molecule has 1 aromatic rings. The van der Waals surface area contributed by atoms with Gasteiger partial charge in [0.25, 0.3) is 0 Å². The van der Waals surface area contributed by atoms with E-state index in [1.807, 2.05) is 26.8 Å². The van der Waals surface area contributed by atoms with Gasteiger partial charge in [0.2, 0.25) is 0 Å². The van der Waals surface area contributed by atoms with Gasteiger partial charge in [-0.2, -0.15) is 0 Å². The Hall–Kier alpha value is -1.86. The lowest BCUT2D eigenvalue weighted by atomic mass is 9.92. The molecule has 7 nitrogen and oxygen atoms in total. The van der Waals surface area contributed by atoms with Crippen molar-refractivity contribution in [1.29, 1.82) is 0 Å². The normalized spacial score (nSPS) is 20.6. The predicted molar refractivity (Wildman–Crippen MR) is 106 cm³/mol. The number of aliphatic hydroxyl groups excluding tert-OH is 1. The number of hydrogen-bond acceptors (Lipinski definition) is 6. The van der Waals surface area contributed by atoms with Crippen LogP contribution in [0, 0.1) is 0 Å². The molecule has 3 heterocycles. The molecule has 1 unspecified atom stereocenters. The largest absolute Gasteiger partial charge is 0.490 e. The number of ether oxygens (including phenoxy) is 2. The standard InChI is InChI=1S/C21H33N3O4/c1-21(2,3)28-20(26)24-13-9-16-19(17(24)5-4-14-25)18(8-12-23-16)27-15-6-10-22-11-7-15/h8,12,15,17,22,25H,4-7,9-11,13-14H2,1-3H3. The van der Waals surface area contributed by atoms with E-state index in [9.17, 15) is 9.90 Å². The first-order chi connectivity index (χ1) is 13.4. The molecule has 1 atom stereocenters. The molecule has 0 saturated carbocycles. The number of carbonyl (C=O) groups is 1. The Labute approximate surface area is 167 Å². The first-order valence-electron chi connectivity index (χ1n) is 10.3. The fourth-order valence-electron chi connectivity index (χ4n) is 3.91. The average molecular weight is 392 g/mol. The average Bonchev–Trinajstić information content (AvgIpc) is 2.65. The van der Waals surface area contributed by atoms with Crippen LogP contribution in [0.5, 0.6) is 5.75 Å². The van der Waals surface area contributed by atoms with Crippen molar-refractivity contribution in [3.8, 4) is 5.75 Å². The summed E-state index contributed by atoms with van der Waals surface area (Å²) in [5.41, 5.74) is 1.41. The number of piperidine rings is 1. The lowest BCUT2D eigenvalue weighted by Gasteiger charge is -2.39. The lowest BCUT2D eigenvalue weighted by Crippen LogP contribution is -2.43. The van der Waals surface area contributed by atoms with E-state index in [0.717, 1.165) is 42.9 Å². The number of hydrogen-bond donors (Lipinski definition) is 2. The molecule has 0 bridgehead atoms. The van der Waals surface area contributed by atoms with Gasteiger partial charge in [0, 0.05) is 31.3 Å². The molecular formula is C21H33N3O4. The Bertz CT molecular complexity index is 668. The summed E-state index contributed by atoms with van der Waals surface area (Å²) in [6, 6.07) is 1.71. The molecule has 1 saturated heterocycles. The highest BCUT2D eigenvalue weighted by Crippen LogP contribution is 2.39. The predicted octanol–water partition coefficient (Wildman–Crippen LogP) is 2.82. The van der Waals surface area contributed by atoms with Crippen LogP contribution in [0.25, 0.3) is 0 Å². The minimum Gasteiger partial charge on any atom is -0.490 e. The van der Waals surface area contributed by atoms with Gasteiger partial charge >= 0.3 is 6.09 Å². The van der Waals surface area contributed by atoms with E-state index in [0.29, 0.717) is 25.8 Å². The first kappa shape index (κ1) is 20.9. The number of fused-ring (bicyclic) bond motifs is 1. The molecular weight excluding hydrogens is 358 g/mol. The second kappa shape index (κ2) is 9.09. The topological polar surface area (TPSA) is 83.9 Å². The summed E-state index contributed by atoms with van der Waals surface area (Å²) in [5.74, 6) is 0.813. The van der Waals surface area contributed by atoms with E-state index < -0.39 is 5.60 Å². The van der Waals surface area contributed by atoms with Crippen LogP contribution in [-0.4, -0.2) is 59.0 Å². The molecule has 2 N–H and O–H groups in total. The van der Waals surface area contributed by atoms with Gasteiger partial charge in [0.1, 0.15) is 17.5 Å². The zero-order valence-electron chi connectivity index (χ0n) is 17.2. The van der Waals surface area contributed by atoms with Crippen molar-refractivity contribution in [2.24, 2.45) is 0 Å². The lowest BCUT2D eigenvalue weighted by molar-refractivity contribution is 0.0118. The number of carbonyl (C=O) groups excluding carboxylic acids is 1. The van der Waals surface area contributed by atoms with Gasteiger partial charge in [0.05, 0.1) is 11.7 Å². The maximum absolute atomic E-state index is 12.9. The van der Waals surface area contributed by atoms with Gasteiger partial charge in [-0.05, 0) is 65.6 Å². The van der Waals surface area contributed by atoms with Crippen molar-refractivity contribution in [3.63, 3.8) is 0 Å². The molecule has 1 amide bonds. The van der Waals surface area contributed by atoms with Gasteiger partial charge < -0.3 is 24.8 Å². The minimum absolute atomic E-state index is 0.0821. The third kappa shape index (κ3) is 5.14. The molecule has 156 valence electrons. The van der Waals surface area contributed by atoms with E-state index in [4.69, 9.17) is 9.47 Å². The van der Waals surface area contributed by atoms with Gasteiger partial charge in [-0.15, -0.1) is 0 Å². The Morgan fingerprint density at radius 1 is 1.36 bits per heavy atom. The van der Waals surface area contributed by atoms with E-state index in [-0.39, 0.29) is 24.8 Å².